The maximum absolute atomic E-state index is 12.6. The van der Waals surface area contributed by atoms with Crippen LogP contribution >= 0.6 is 15.9 Å². The van der Waals surface area contributed by atoms with Crippen LogP contribution in [0.4, 0.5) is 0 Å². The van der Waals surface area contributed by atoms with Crippen LogP contribution in [-0.2, 0) is 14.8 Å². The molecular formula is C14H18BrNO4S. The Labute approximate surface area is 133 Å². The molecule has 1 aliphatic heterocycles. The van der Waals surface area contributed by atoms with Crippen molar-refractivity contribution >= 4 is 31.9 Å². The van der Waals surface area contributed by atoms with E-state index in [1.165, 1.54) is 4.31 Å². The summed E-state index contributed by atoms with van der Waals surface area (Å²) in [7, 11) is -3.56. The van der Waals surface area contributed by atoms with Gasteiger partial charge in [0.15, 0.2) is 0 Å². The number of carbonyl (C=O) groups is 1. The molecule has 0 unspecified atom stereocenters. The lowest BCUT2D eigenvalue weighted by molar-refractivity contribution is -0.151. The molecule has 116 valence electrons. The molecule has 0 aliphatic carbocycles. The van der Waals surface area contributed by atoms with Gasteiger partial charge >= 0.3 is 5.97 Å². The SMILES string of the molecule is CCC1(C(=O)O)CCN(S(=O)(=O)c2cccc(Br)c2)CC1. The highest BCUT2D eigenvalue weighted by Gasteiger charge is 2.42. The van der Waals surface area contributed by atoms with E-state index in [0.29, 0.717) is 23.7 Å². The molecule has 1 N–H and O–H groups in total. The molecule has 5 nitrogen and oxygen atoms in total. The molecule has 0 saturated carbocycles. The van der Waals surface area contributed by atoms with Crippen molar-refractivity contribution in [2.75, 3.05) is 13.1 Å². The van der Waals surface area contributed by atoms with E-state index in [1.54, 1.807) is 24.3 Å². The molecule has 1 heterocycles. The zero-order valence-electron chi connectivity index (χ0n) is 11.8. The molecule has 21 heavy (non-hydrogen) atoms. The second kappa shape index (κ2) is 6.06. The lowest BCUT2D eigenvalue weighted by Crippen LogP contribution is -2.46. The third-order valence-corrected chi connectivity index (χ3v) is 6.63. The number of hydrogen-bond donors (Lipinski definition) is 1. The number of aliphatic carboxylic acids is 1. The van der Waals surface area contributed by atoms with Gasteiger partial charge < -0.3 is 5.11 Å². The predicted octanol–water partition coefficient (Wildman–Crippen LogP) is 2.71. The minimum atomic E-state index is -3.56. The molecule has 2 rings (SSSR count). The van der Waals surface area contributed by atoms with Gasteiger partial charge in [0.2, 0.25) is 10.0 Å². The molecule has 0 spiro atoms. The summed E-state index contributed by atoms with van der Waals surface area (Å²) >= 11 is 3.27. The Hall–Kier alpha value is -0.920. The summed E-state index contributed by atoms with van der Waals surface area (Å²) in [5, 5.41) is 9.36. The maximum Gasteiger partial charge on any atom is 0.309 e. The Bertz CT molecular complexity index is 636. The molecule has 0 bridgehead atoms. The number of carboxylic acids is 1. The van der Waals surface area contributed by atoms with E-state index in [-0.39, 0.29) is 18.0 Å². The van der Waals surface area contributed by atoms with Gasteiger partial charge in [-0.05, 0) is 37.5 Å². The quantitative estimate of drug-likeness (QED) is 0.877. The Morgan fingerprint density at radius 1 is 1.38 bits per heavy atom. The minimum Gasteiger partial charge on any atom is -0.481 e. The van der Waals surface area contributed by atoms with Gasteiger partial charge in [-0.3, -0.25) is 4.79 Å². The first-order valence-electron chi connectivity index (χ1n) is 6.81. The van der Waals surface area contributed by atoms with Crippen LogP contribution in [0.2, 0.25) is 0 Å². The average molecular weight is 376 g/mol. The van der Waals surface area contributed by atoms with Crippen molar-refractivity contribution in [2.45, 2.75) is 31.1 Å². The van der Waals surface area contributed by atoms with Crippen molar-refractivity contribution in [3.05, 3.63) is 28.7 Å². The van der Waals surface area contributed by atoms with Gasteiger partial charge in [0.05, 0.1) is 10.3 Å². The molecule has 1 aromatic rings. The highest BCUT2D eigenvalue weighted by atomic mass is 79.9. The van der Waals surface area contributed by atoms with Crippen molar-refractivity contribution in [2.24, 2.45) is 5.41 Å². The first-order chi connectivity index (χ1) is 9.82. The zero-order valence-corrected chi connectivity index (χ0v) is 14.2. The number of hydrogen-bond acceptors (Lipinski definition) is 3. The second-order valence-corrected chi connectivity index (χ2v) is 8.15. The predicted molar refractivity (Wildman–Crippen MR) is 82.5 cm³/mol. The van der Waals surface area contributed by atoms with Crippen LogP contribution in [0.25, 0.3) is 0 Å². The molecule has 1 aliphatic rings. The van der Waals surface area contributed by atoms with Gasteiger partial charge in [0, 0.05) is 17.6 Å². The van der Waals surface area contributed by atoms with Crippen LogP contribution in [0, 0.1) is 5.41 Å². The smallest absolute Gasteiger partial charge is 0.309 e. The van der Waals surface area contributed by atoms with Crippen molar-refractivity contribution in [1.29, 1.82) is 0 Å². The summed E-state index contributed by atoms with van der Waals surface area (Å²) < 4.78 is 27.2. The van der Waals surface area contributed by atoms with Gasteiger partial charge in [0.25, 0.3) is 0 Å². The third kappa shape index (κ3) is 3.14. The van der Waals surface area contributed by atoms with Crippen LogP contribution < -0.4 is 0 Å². The van der Waals surface area contributed by atoms with E-state index < -0.39 is 21.4 Å². The summed E-state index contributed by atoms with van der Waals surface area (Å²) in [6.45, 7) is 2.33. The van der Waals surface area contributed by atoms with Gasteiger partial charge in [-0.2, -0.15) is 4.31 Å². The monoisotopic (exact) mass is 375 g/mol. The van der Waals surface area contributed by atoms with Crippen molar-refractivity contribution in [3.63, 3.8) is 0 Å². The van der Waals surface area contributed by atoms with E-state index >= 15 is 0 Å². The highest BCUT2D eigenvalue weighted by molar-refractivity contribution is 9.10. The Balaban J connectivity index is 2.20. The first-order valence-corrected chi connectivity index (χ1v) is 9.04. The summed E-state index contributed by atoms with van der Waals surface area (Å²) in [6.07, 6.45) is 1.23. The fourth-order valence-corrected chi connectivity index (χ4v) is 4.69. The highest BCUT2D eigenvalue weighted by Crippen LogP contribution is 2.37. The molecular weight excluding hydrogens is 358 g/mol. The van der Waals surface area contributed by atoms with E-state index in [2.05, 4.69) is 15.9 Å². The lowest BCUT2D eigenvalue weighted by atomic mass is 9.77. The molecule has 1 saturated heterocycles. The largest absolute Gasteiger partial charge is 0.481 e. The minimum absolute atomic E-state index is 0.233. The van der Waals surface area contributed by atoms with Gasteiger partial charge in [-0.15, -0.1) is 0 Å². The van der Waals surface area contributed by atoms with E-state index in [0.717, 1.165) is 0 Å². The van der Waals surface area contributed by atoms with Gasteiger partial charge in [-0.25, -0.2) is 8.42 Å². The lowest BCUT2D eigenvalue weighted by Gasteiger charge is -2.37. The van der Waals surface area contributed by atoms with Gasteiger partial charge in [0.1, 0.15) is 0 Å². The number of piperidine rings is 1. The van der Waals surface area contributed by atoms with E-state index in [1.807, 2.05) is 6.92 Å². The van der Waals surface area contributed by atoms with E-state index in [9.17, 15) is 18.3 Å². The Morgan fingerprint density at radius 3 is 2.48 bits per heavy atom. The Morgan fingerprint density at radius 2 is 2.00 bits per heavy atom. The van der Waals surface area contributed by atoms with Crippen molar-refractivity contribution in [1.82, 2.24) is 4.31 Å². The summed E-state index contributed by atoms with van der Waals surface area (Å²) in [6, 6.07) is 6.56. The average Bonchev–Trinajstić information content (AvgIpc) is 2.47. The molecule has 1 fully saturated rings. The molecule has 0 atom stereocenters. The number of sulfonamides is 1. The van der Waals surface area contributed by atoms with Crippen LogP contribution in [0.15, 0.2) is 33.6 Å². The summed E-state index contributed by atoms with van der Waals surface area (Å²) in [5.41, 5.74) is -0.788. The molecule has 7 heteroatoms. The van der Waals surface area contributed by atoms with Crippen molar-refractivity contribution < 1.29 is 18.3 Å². The van der Waals surface area contributed by atoms with Gasteiger partial charge in [-0.1, -0.05) is 28.9 Å². The van der Waals surface area contributed by atoms with Crippen LogP contribution in [0.1, 0.15) is 26.2 Å². The standard InChI is InChI=1S/C14H18BrNO4S/c1-2-14(13(17)18)6-8-16(9-7-14)21(19,20)12-5-3-4-11(15)10-12/h3-5,10H,2,6-9H2,1H3,(H,17,18). The Kier molecular flexibility index (Phi) is 4.75. The van der Waals surface area contributed by atoms with Crippen LogP contribution in [-0.4, -0.2) is 36.9 Å². The number of halogens is 1. The number of carboxylic acid groups (broad SMARTS) is 1. The fraction of sp³-hybridized carbons (Fsp3) is 0.500. The maximum atomic E-state index is 12.6. The third-order valence-electron chi connectivity index (χ3n) is 4.24. The molecule has 1 aromatic carbocycles. The fourth-order valence-electron chi connectivity index (χ4n) is 2.65. The van der Waals surface area contributed by atoms with Crippen molar-refractivity contribution in [3.8, 4) is 0 Å². The zero-order chi connectivity index (χ0) is 15.7. The first kappa shape index (κ1) is 16.5. The molecule has 0 aromatic heterocycles. The van der Waals surface area contributed by atoms with E-state index in [4.69, 9.17) is 0 Å². The molecule has 0 radical (unpaired) electrons. The van der Waals surface area contributed by atoms with Crippen LogP contribution in [0.5, 0.6) is 0 Å². The van der Waals surface area contributed by atoms with Crippen LogP contribution in [0.3, 0.4) is 0 Å². The summed E-state index contributed by atoms with van der Waals surface area (Å²) in [4.78, 5) is 11.6. The second-order valence-electron chi connectivity index (χ2n) is 5.30. The molecule has 0 amide bonds. The number of benzene rings is 1. The number of nitrogens with zero attached hydrogens (tertiary/aromatic N) is 1. The topological polar surface area (TPSA) is 74.7 Å². The summed E-state index contributed by atoms with van der Waals surface area (Å²) in [5.74, 6) is -0.829. The number of rotatable bonds is 4. The normalized spacial score (nSPS) is 19.3.